The monoisotopic (exact) mass is 372 g/mol. The summed E-state index contributed by atoms with van der Waals surface area (Å²) in [6, 6.07) is 13.1. The van der Waals surface area contributed by atoms with E-state index >= 15 is 0 Å². The summed E-state index contributed by atoms with van der Waals surface area (Å²) in [5.74, 6) is -2.68. The molecule has 0 saturated carbocycles. The zero-order chi connectivity index (χ0) is 19.2. The number of benzene rings is 2. The van der Waals surface area contributed by atoms with Crippen molar-refractivity contribution in [2.24, 2.45) is 0 Å². The first-order valence-corrected chi connectivity index (χ1v) is 9.10. The fraction of sp³-hybridized carbons (Fsp3) is 0.333. The van der Waals surface area contributed by atoms with Crippen molar-refractivity contribution in [2.75, 3.05) is 18.4 Å². The number of hydrogen-bond donors (Lipinski definition) is 1. The summed E-state index contributed by atoms with van der Waals surface area (Å²) in [6.07, 6.45) is 2.26. The molecule has 0 spiro atoms. The van der Waals surface area contributed by atoms with Crippen LogP contribution in [0.5, 0.6) is 0 Å². The molecule has 1 amide bonds. The lowest BCUT2D eigenvalue weighted by molar-refractivity contribution is -0.145. The second kappa shape index (κ2) is 8.75. The molecule has 6 heteroatoms. The third-order valence-electron chi connectivity index (χ3n) is 4.72. The lowest BCUT2D eigenvalue weighted by atomic mass is 10.0. The average molecular weight is 372 g/mol. The Hall–Kier alpha value is -2.76. The highest BCUT2D eigenvalue weighted by atomic mass is 19.2. The molecule has 142 valence electrons. The van der Waals surface area contributed by atoms with E-state index in [-0.39, 0.29) is 12.5 Å². The minimum atomic E-state index is -0.917. The van der Waals surface area contributed by atoms with Gasteiger partial charge in [0.2, 0.25) is 5.78 Å². The normalized spacial score (nSPS) is 16.8. The van der Waals surface area contributed by atoms with Crippen LogP contribution >= 0.6 is 0 Å². The predicted molar refractivity (Wildman–Crippen MR) is 99.4 cm³/mol. The number of nitrogens with zero attached hydrogens (tertiary/aromatic N) is 1. The number of piperidine rings is 1. The number of halogens is 2. The van der Waals surface area contributed by atoms with Crippen LogP contribution in [-0.4, -0.2) is 35.7 Å². The smallest absolute Gasteiger partial charge is 0.290 e. The summed E-state index contributed by atoms with van der Waals surface area (Å²) in [6.45, 7) is 0.904. The van der Waals surface area contributed by atoms with Crippen LogP contribution in [0.15, 0.2) is 48.5 Å². The number of anilines is 1. The van der Waals surface area contributed by atoms with Gasteiger partial charge in [-0.25, -0.2) is 8.78 Å². The van der Waals surface area contributed by atoms with Crippen LogP contribution in [0.4, 0.5) is 14.5 Å². The van der Waals surface area contributed by atoms with E-state index in [1.807, 2.05) is 30.3 Å². The first-order chi connectivity index (χ1) is 13.0. The number of likely N-dealkylation sites (tertiary alicyclic amines) is 1. The number of nitrogens with one attached hydrogen (secondary N) is 1. The number of carbonyl (C=O) groups is 2. The standard InChI is InChI=1S/C21H22F2N2O2/c22-18-10-9-16(13-19(18)23)24-17-7-4-12-25(14-17)21(27)20(26)11-8-15-5-2-1-3-6-15/h1-3,5-6,9-10,13,17,24H,4,7-8,11-12,14H2/t17-/m0/s1. The van der Waals surface area contributed by atoms with Crippen LogP contribution in [0, 0.1) is 11.6 Å². The second-order valence-corrected chi connectivity index (χ2v) is 6.77. The molecule has 0 aliphatic carbocycles. The Morgan fingerprint density at radius 2 is 1.85 bits per heavy atom. The minimum Gasteiger partial charge on any atom is -0.380 e. The summed E-state index contributed by atoms with van der Waals surface area (Å²) in [5, 5.41) is 3.12. The molecule has 0 aromatic heterocycles. The maximum atomic E-state index is 13.3. The van der Waals surface area contributed by atoms with E-state index in [1.54, 1.807) is 4.90 Å². The van der Waals surface area contributed by atoms with Gasteiger partial charge in [0.15, 0.2) is 11.6 Å². The highest BCUT2D eigenvalue weighted by Gasteiger charge is 2.27. The van der Waals surface area contributed by atoms with Gasteiger partial charge in [-0.15, -0.1) is 0 Å². The van der Waals surface area contributed by atoms with Gasteiger partial charge in [-0.1, -0.05) is 30.3 Å². The van der Waals surface area contributed by atoms with Crippen LogP contribution in [-0.2, 0) is 16.0 Å². The van der Waals surface area contributed by atoms with E-state index < -0.39 is 23.3 Å². The van der Waals surface area contributed by atoms with E-state index in [2.05, 4.69) is 5.32 Å². The number of aryl methyl sites for hydroxylation is 1. The van der Waals surface area contributed by atoms with E-state index in [0.29, 0.717) is 25.2 Å². The number of ketones is 1. The molecule has 4 nitrogen and oxygen atoms in total. The van der Waals surface area contributed by atoms with Crippen molar-refractivity contribution in [1.29, 1.82) is 0 Å². The summed E-state index contributed by atoms with van der Waals surface area (Å²) >= 11 is 0. The van der Waals surface area contributed by atoms with Crippen molar-refractivity contribution >= 4 is 17.4 Å². The Kier molecular flexibility index (Phi) is 6.16. The van der Waals surface area contributed by atoms with E-state index in [0.717, 1.165) is 30.5 Å². The molecule has 3 rings (SSSR count). The van der Waals surface area contributed by atoms with Crippen molar-refractivity contribution in [2.45, 2.75) is 31.7 Å². The lowest BCUT2D eigenvalue weighted by Crippen LogP contribution is -2.47. The summed E-state index contributed by atoms with van der Waals surface area (Å²) in [7, 11) is 0. The van der Waals surface area contributed by atoms with Crippen LogP contribution in [0.3, 0.4) is 0 Å². The van der Waals surface area contributed by atoms with Gasteiger partial charge in [-0.3, -0.25) is 9.59 Å². The fourth-order valence-electron chi connectivity index (χ4n) is 3.29. The molecule has 1 fully saturated rings. The Labute approximate surface area is 157 Å². The summed E-state index contributed by atoms with van der Waals surface area (Å²) < 4.78 is 26.4. The number of Topliss-reactive ketones (excluding diaryl/α,β-unsaturated/α-hetero) is 1. The number of amides is 1. The van der Waals surface area contributed by atoms with Gasteiger partial charge < -0.3 is 10.2 Å². The molecular formula is C21H22F2N2O2. The number of hydrogen-bond acceptors (Lipinski definition) is 3. The lowest BCUT2D eigenvalue weighted by Gasteiger charge is -2.33. The molecular weight excluding hydrogens is 350 g/mol. The molecule has 27 heavy (non-hydrogen) atoms. The maximum Gasteiger partial charge on any atom is 0.290 e. The van der Waals surface area contributed by atoms with Gasteiger partial charge in [0.25, 0.3) is 5.91 Å². The largest absolute Gasteiger partial charge is 0.380 e. The molecule has 2 aromatic rings. The molecule has 0 radical (unpaired) electrons. The van der Waals surface area contributed by atoms with Crippen molar-refractivity contribution in [1.82, 2.24) is 4.90 Å². The minimum absolute atomic E-state index is 0.102. The van der Waals surface area contributed by atoms with Gasteiger partial charge in [0.1, 0.15) is 0 Å². The topological polar surface area (TPSA) is 49.4 Å². The van der Waals surface area contributed by atoms with Gasteiger partial charge >= 0.3 is 0 Å². The van der Waals surface area contributed by atoms with Crippen LogP contribution in [0.1, 0.15) is 24.8 Å². The SMILES string of the molecule is O=C(CCc1ccccc1)C(=O)N1CCC[C@H](Nc2ccc(F)c(F)c2)C1. The fourth-order valence-corrected chi connectivity index (χ4v) is 3.29. The number of rotatable bonds is 6. The molecule has 1 aliphatic rings. The van der Waals surface area contributed by atoms with Crippen molar-refractivity contribution in [3.05, 3.63) is 65.7 Å². The zero-order valence-electron chi connectivity index (χ0n) is 15.0. The third kappa shape index (κ3) is 5.12. The van der Waals surface area contributed by atoms with Crippen molar-refractivity contribution in [3.8, 4) is 0 Å². The van der Waals surface area contributed by atoms with E-state index in [1.165, 1.54) is 6.07 Å². The van der Waals surface area contributed by atoms with Crippen molar-refractivity contribution in [3.63, 3.8) is 0 Å². The number of carbonyl (C=O) groups excluding carboxylic acids is 2. The molecule has 1 heterocycles. The predicted octanol–water partition coefficient (Wildman–Crippen LogP) is 3.57. The first-order valence-electron chi connectivity index (χ1n) is 9.10. The van der Waals surface area contributed by atoms with E-state index in [4.69, 9.17) is 0 Å². The third-order valence-corrected chi connectivity index (χ3v) is 4.72. The quantitative estimate of drug-likeness (QED) is 0.789. The highest BCUT2D eigenvalue weighted by molar-refractivity contribution is 6.36. The highest BCUT2D eigenvalue weighted by Crippen LogP contribution is 2.19. The average Bonchev–Trinajstić information content (AvgIpc) is 2.69. The molecule has 0 bridgehead atoms. The first kappa shape index (κ1) is 19.0. The Balaban J connectivity index is 1.54. The van der Waals surface area contributed by atoms with Gasteiger partial charge in [-0.2, -0.15) is 0 Å². The second-order valence-electron chi connectivity index (χ2n) is 6.77. The zero-order valence-corrected chi connectivity index (χ0v) is 15.0. The molecule has 2 aromatic carbocycles. The van der Waals surface area contributed by atoms with Crippen molar-refractivity contribution < 1.29 is 18.4 Å². The van der Waals surface area contributed by atoms with Gasteiger partial charge in [-0.05, 0) is 37.0 Å². The Bertz CT molecular complexity index is 811. The Morgan fingerprint density at radius 1 is 1.07 bits per heavy atom. The molecule has 1 saturated heterocycles. The van der Waals surface area contributed by atoms with Crippen LogP contribution in [0.25, 0.3) is 0 Å². The summed E-state index contributed by atoms with van der Waals surface area (Å²) in [5.41, 5.74) is 1.48. The molecule has 1 atom stereocenters. The molecule has 1 aliphatic heterocycles. The maximum absolute atomic E-state index is 13.3. The van der Waals surface area contributed by atoms with E-state index in [9.17, 15) is 18.4 Å². The molecule has 1 N–H and O–H groups in total. The van der Waals surface area contributed by atoms with Crippen LogP contribution < -0.4 is 5.32 Å². The summed E-state index contributed by atoms with van der Waals surface area (Å²) in [4.78, 5) is 26.3. The van der Waals surface area contributed by atoms with Crippen LogP contribution in [0.2, 0.25) is 0 Å². The molecule has 0 unspecified atom stereocenters. The van der Waals surface area contributed by atoms with Gasteiger partial charge in [0.05, 0.1) is 0 Å². The van der Waals surface area contributed by atoms with Gasteiger partial charge in [0, 0.05) is 37.3 Å². The Morgan fingerprint density at radius 3 is 2.59 bits per heavy atom.